The molecule has 0 radical (unpaired) electrons. The van der Waals surface area contributed by atoms with Gasteiger partial charge in [0.25, 0.3) is 0 Å². The standard InChI is InChI=1S/C19H27N3/c1-3-21(4-2)11-12-22-14-18-16-8-6-5-7-15(16)9-10-17(18)19(22)13-20/h5-10,19H,3-4,11-14,20H2,1-2H3. The summed E-state index contributed by atoms with van der Waals surface area (Å²) in [4.78, 5) is 5.03. The summed E-state index contributed by atoms with van der Waals surface area (Å²) >= 11 is 0. The number of nitrogens with zero attached hydrogens (tertiary/aromatic N) is 2. The van der Waals surface area contributed by atoms with E-state index in [1.807, 2.05) is 0 Å². The van der Waals surface area contributed by atoms with Crippen LogP contribution in [0.25, 0.3) is 10.8 Å². The van der Waals surface area contributed by atoms with E-state index >= 15 is 0 Å². The summed E-state index contributed by atoms with van der Waals surface area (Å²) in [6, 6.07) is 13.6. The zero-order valence-corrected chi connectivity index (χ0v) is 13.8. The van der Waals surface area contributed by atoms with Crippen LogP contribution in [-0.2, 0) is 6.54 Å². The molecule has 0 saturated heterocycles. The monoisotopic (exact) mass is 297 g/mol. The molecule has 0 saturated carbocycles. The van der Waals surface area contributed by atoms with Crippen molar-refractivity contribution in [3.63, 3.8) is 0 Å². The lowest BCUT2D eigenvalue weighted by Crippen LogP contribution is -2.36. The van der Waals surface area contributed by atoms with Crippen molar-refractivity contribution in [3.8, 4) is 0 Å². The summed E-state index contributed by atoms with van der Waals surface area (Å²) in [5, 5.41) is 2.73. The van der Waals surface area contributed by atoms with Crippen molar-refractivity contribution < 1.29 is 0 Å². The number of nitrogens with two attached hydrogens (primary N) is 1. The van der Waals surface area contributed by atoms with E-state index in [0.29, 0.717) is 12.6 Å². The zero-order chi connectivity index (χ0) is 15.5. The van der Waals surface area contributed by atoms with Gasteiger partial charge in [-0.3, -0.25) is 4.90 Å². The molecule has 2 N–H and O–H groups in total. The number of likely N-dealkylation sites (N-methyl/N-ethyl adjacent to an activating group) is 1. The van der Waals surface area contributed by atoms with Crippen LogP contribution in [-0.4, -0.2) is 42.5 Å². The molecule has 0 amide bonds. The fourth-order valence-electron chi connectivity index (χ4n) is 3.67. The lowest BCUT2D eigenvalue weighted by molar-refractivity contribution is 0.180. The molecule has 0 fully saturated rings. The first-order valence-corrected chi connectivity index (χ1v) is 8.45. The van der Waals surface area contributed by atoms with Crippen LogP contribution in [0.2, 0.25) is 0 Å². The summed E-state index contributed by atoms with van der Waals surface area (Å²) in [5.74, 6) is 0. The molecule has 1 heterocycles. The van der Waals surface area contributed by atoms with Gasteiger partial charge in [0.2, 0.25) is 0 Å². The molecule has 3 heteroatoms. The largest absolute Gasteiger partial charge is 0.329 e. The highest BCUT2D eigenvalue weighted by atomic mass is 15.2. The molecule has 1 aliphatic rings. The van der Waals surface area contributed by atoms with Gasteiger partial charge < -0.3 is 10.6 Å². The smallest absolute Gasteiger partial charge is 0.0477 e. The third kappa shape index (κ3) is 2.76. The Morgan fingerprint density at radius 1 is 1.14 bits per heavy atom. The van der Waals surface area contributed by atoms with Gasteiger partial charge >= 0.3 is 0 Å². The van der Waals surface area contributed by atoms with Crippen LogP contribution < -0.4 is 5.73 Å². The number of benzene rings is 2. The third-order valence-corrected chi connectivity index (χ3v) is 5.06. The van der Waals surface area contributed by atoms with E-state index in [0.717, 1.165) is 32.7 Å². The topological polar surface area (TPSA) is 32.5 Å². The Hall–Kier alpha value is -1.42. The molecule has 1 aliphatic heterocycles. The van der Waals surface area contributed by atoms with Gasteiger partial charge in [-0.05, 0) is 35.0 Å². The number of fused-ring (bicyclic) bond motifs is 3. The van der Waals surface area contributed by atoms with Crippen LogP contribution in [0.5, 0.6) is 0 Å². The molecule has 3 nitrogen and oxygen atoms in total. The number of rotatable bonds is 6. The summed E-state index contributed by atoms with van der Waals surface area (Å²) in [5.41, 5.74) is 9.01. The average Bonchev–Trinajstić information content (AvgIpc) is 2.93. The van der Waals surface area contributed by atoms with Crippen LogP contribution in [0, 0.1) is 0 Å². The first kappa shape index (κ1) is 15.5. The maximum absolute atomic E-state index is 6.10. The quantitative estimate of drug-likeness (QED) is 0.889. The van der Waals surface area contributed by atoms with Crippen LogP contribution in [0.1, 0.15) is 31.0 Å². The molecule has 118 valence electrons. The van der Waals surface area contributed by atoms with Gasteiger partial charge in [0.15, 0.2) is 0 Å². The molecule has 0 aliphatic carbocycles. The van der Waals surface area contributed by atoms with Gasteiger partial charge in [-0.25, -0.2) is 0 Å². The minimum absolute atomic E-state index is 0.371. The van der Waals surface area contributed by atoms with Crippen molar-refractivity contribution in [2.45, 2.75) is 26.4 Å². The van der Waals surface area contributed by atoms with Crippen molar-refractivity contribution in [1.29, 1.82) is 0 Å². The third-order valence-electron chi connectivity index (χ3n) is 5.06. The molecule has 2 aromatic carbocycles. The highest BCUT2D eigenvalue weighted by Crippen LogP contribution is 2.37. The minimum atomic E-state index is 0.371. The minimum Gasteiger partial charge on any atom is -0.329 e. The lowest BCUT2D eigenvalue weighted by Gasteiger charge is -2.27. The van der Waals surface area contributed by atoms with E-state index in [9.17, 15) is 0 Å². The van der Waals surface area contributed by atoms with E-state index in [2.05, 4.69) is 60.0 Å². The van der Waals surface area contributed by atoms with Crippen molar-refractivity contribution in [2.24, 2.45) is 5.73 Å². The Morgan fingerprint density at radius 3 is 2.64 bits per heavy atom. The zero-order valence-electron chi connectivity index (χ0n) is 13.8. The van der Waals surface area contributed by atoms with Gasteiger partial charge in [0.05, 0.1) is 0 Å². The van der Waals surface area contributed by atoms with E-state index in [1.165, 1.54) is 21.9 Å². The number of hydrogen-bond donors (Lipinski definition) is 1. The lowest BCUT2D eigenvalue weighted by atomic mass is 9.98. The number of hydrogen-bond acceptors (Lipinski definition) is 3. The van der Waals surface area contributed by atoms with Crippen molar-refractivity contribution in [1.82, 2.24) is 9.80 Å². The molecule has 3 rings (SSSR count). The normalized spacial score (nSPS) is 18.3. The van der Waals surface area contributed by atoms with Crippen LogP contribution in [0.15, 0.2) is 36.4 Å². The average molecular weight is 297 g/mol. The highest BCUT2D eigenvalue weighted by Gasteiger charge is 2.30. The molecule has 0 spiro atoms. The summed E-state index contributed by atoms with van der Waals surface area (Å²) in [6.45, 7) is 10.6. The maximum Gasteiger partial charge on any atom is 0.0477 e. The van der Waals surface area contributed by atoms with E-state index < -0.39 is 0 Å². The first-order valence-electron chi connectivity index (χ1n) is 8.45. The highest BCUT2D eigenvalue weighted by molar-refractivity contribution is 5.87. The summed E-state index contributed by atoms with van der Waals surface area (Å²) in [7, 11) is 0. The fourth-order valence-corrected chi connectivity index (χ4v) is 3.67. The molecule has 0 aromatic heterocycles. The van der Waals surface area contributed by atoms with E-state index in [1.54, 1.807) is 0 Å². The second-order valence-electron chi connectivity index (χ2n) is 6.10. The molecule has 1 unspecified atom stereocenters. The Kier molecular flexibility index (Phi) is 4.77. The van der Waals surface area contributed by atoms with Gasteiger partial charge in [0.1, 0.15) is 0 Å². The van der Waals surface area contributed by atoms with Crippen LogP contribution in [0.3, 0.4) is 0 Å². The van der Waals surface area contributed by atoms with E-state index in [4.69, 9.17) is 5.73 Å². The molecular weight excluding hydrogens is 270 g/mol. The van der Waals surface area contributed by atoms with Gasteiger partial charge in [0, 0.05) is 32.2 Å². The fraction of sp³-hybridized carbons (Fsp3) is 0.474. The Labute approximate surface area is 133 Å². The molecular formula is C19H27N3. The van der Waals surface area contributed by atoms with Gasteiger partial charge in [-0.2, -0.15) is 0 Å². The molecule has 22 heavy (non-hydrogen) atoms. The van der Waals surface area contributed by atoms with Crippen molar-refractivity contribution in [3.05, 3.63) is 47.5 Å². The maximum atomic E-state index is 6.10. The van der Waals surface area contributed by atoms with E-state index in [-0.39, 0.29) is 0 Å². The second-order valence-corrected chi connectivity index (χ2v) is 6.10. The molecule has 0 bridgehead atoms. The van der Waals surface area contributed by atoms with Crippen LogP contribution in [0.4, 0.5) is 0 Å². The Bertz CT molecular complexity index is 634. The summed E-state index contributed by atoms with van der Waals surface area (Å²) < 4.78 is 0. The summed E-state index contributed by atoms with van der Waals surface area (Å²) in [6.07, 6.45) is 0. The van der Waals surface area contributed by atoms with Crippen molar-refractivity contribution >= 4 is 10.8 Å². The SMILES string of the molecule is CCN(CC)CCN1Cc2c(ccc3ccccc23)C1CN. The van der Waals surface area contributed by atoms with Crippen LogP contribution >= 0.6 is 0 Å². The Morgan fingerprint density at radius 2 is 1.91 bits per heavy atom. The molecule has 1 atom stereocenters. The Balaban J connectivity index is 1.85. The van der Waals surface area contributed by atoms with Gasteiger partial charge in [-0.15, -0.1) is 0 Å². The molecule has 2 aromatic rings. The van der Waals surface area contributed by atoms with Gasteiger partial charge in [-0.1, -0.05) is 50.2 Å². The van der Waals surface area contributed by atoms with Crippen molar-refractivity contribution in [2.75, 3.05) is 32.7 Å². The second kappa shape index (κ2) is 6.78. The first-order chi connectivity index (χ1) is 10.8. The predicted octanol–water partition coefficient (Wildman–Crippen LogP) is 3.00. The predicted molar refractivity (Wildman–Crippen MR) is 93.9 cm³/mol.